The molecule has 152 valence electrons. The topological polar surface area (TPSA) is 107 Å². The predicted octanol–water partition coefficient (Wildman–Crippen LogP) is 2.60. The molecule has 0 saturated heterocycles. The smallest absolute Gasteiger partial charge is 0.323 e. The van der Waals surface area contributed by atoms with Gasteiger partial charge >= 0.3 is 11.9 Å². The van der Waals surface area contributed by atoms with E-state index in [0.29, 0.717) is 18.5 Å². The van der Waals surface area contributed by atoms with Gasteiger partial charge < -0.3 is 10.2 Å². The summed E-state index contributed by atoms with van der Waals surface area (Å²) in [4.78, 5) is 37.7. The van der Waals surface area contributed by atoms with E-state index >= 15 is 0 Å². The zero-order valence-electron chi connectivity index (χ0n) is 15.7. The molecule has 1 heterocycles. The van der Waals surface area contributed by atoms with Crippen LogP contribution >= 0.6 is 11.8 Å². The zero-order chi connectivity index (χ0) is 20.8. The van der Waals surface area contributed by atoms with Crippen LogP contribution in [0.5, 0.6) is 0 Å². The van der Waals surface area contributed by atoms with Gasteiger partial charge in [-0.2, -0.15) is 0 Å². The molecule has 0 aromatic heterocycles. The van der Waals surface area contributed by atoms with E-state index in [0.717, 1.165) is 10.5 Å². The summed E-state index contributed by atoms with van der Waals surface area (Å²) in [5.41, 5.74) is 1.58. The third-order valence-electron chi connectivity index (χ3n) is 4.63. The maximum atomic E-state index is 12.7. The number of anilines is 1. The van der Waals surface area contributed by atoms with Gasteiger partial charge in [-0.25, -0.2) is 0 Å². The van der Waals surface area contributed by atoms with Crippen LogP contribution in [0.3, 0.4) is 0 Å². The molecule has 29 heavy (non-hydrogen) atoms. The maximum Gasteiger partial charge on any atom is 0.323 e. The summed E-state index contributed by atoms with van der Waals surface area (Å²) in [6, 6.07) is 15.9. The lowest BCUT2D eigenvalue weighted by Gasteiger charge is -2.22. The number of rotatable bonds is 8. The predicted molar refractivity (Wildman–Crippen MR) is 110 cm³/mol. The molecule has 0 fully saturated rings. The summed E-state index contributed by atoms with van der Waals surface area (Å²) < 4.78 is 0. The highest BCUT2D eigenvalue weighted by Gasteiger charge is 2.31. The molecule has 2 atom stereocenters. The van der Waals surface area contributed by atoms with E-state index in [4.69, 9.17) is 5.11 Å². The van der Waals surface area contributed by atoms with Crippen molar-refractivity contribution in [3.63, 3.8) is 0 Å². The number of amides is 1. The van der Waals surface area contributed by atoms with Crippen molar-refractivity contribution < 1.29 is 24.6 Å². The molecule has 1 amide bonds. The minimum absolute atomic E-state index is 0.00173. The minimum atomic E-state index is -1.10. The van der Waals surface area contributed by atoms with Crippen molar-refractivity contribution in [2.45, 2.75) is 35.6 Å². The average molecular weight is 414 g/mol. The normalized spacial score (nSPS) is 17.3. The average Bonchev–Trinajstić information content (AvgIpc) is 2.82. The summed E-state index contributed by atoms with van der Waals surface area (Å²) in [6.45, 7) is -0.431. The monoisotopic (exact) mass is 414 g/mol. The molecular weight excluding hydrogens is 392 g/mol. The second kappa shape index (κ2) is 9.58. The van der Waals surface area contributed by atoms with E-state index in [9.17, 15) is 19.5 Å². The van der Waals surface area contributed by atoms with Gasteiger partial charge in [-0.15, -0.1) is 11.8 Å². The van der Waals surface area contributed by atoms with Crippen LogP contribution in [-0.4, -0.2) is 46.0 Å². The Balaban J connectivity index is 1.75. The van der Waals surface area contributed by atoms with Gasteiger partial charge in [-0.05, 0) is 30.5 Å². The molecule has 0 aliphatic carbocycles. The fourth-order valence-corrected chi connectivity index (χ4v) is 4.46. The lowest BCUT2D eigenvalue weighted by Crippen LogP contribution is -2.44. The Labute approximate surface area is 172 Å². The van der Waals surface area contributed by atoms with Crippen molar-refractivity contribution in [3.8, 4) is 0 Å². The standard InChI is InChI=1S/C21H22N2O5S/c24-19-12-18(22-15(21(27)28)11-10-14-6-2-1-3-7-14)29-17-9-5-4-8-16(17)23(19)13-20(25)26/h1-9,15,18,22H,10-13H2,(H,25,26)(H,27,28). The van der Waals surface area contributed by atoms with Crippen LogP contribution < -0.4 is 10.2 Å². The van der Waals surface area contributed by atoms with Gasteiger partial charge in [0.05, 0.1) is 17.5 Å². The Kier molecular flexibility index (Phi) is 6.90. The van der Waals surface area contributed by atoms with Crippen molar-refractivity contribution in [3.05, 3.63) is 60.2 Å². The molecule has 2 aromatic carbocycles. The molecule has 2 unspecified atom stereocenters. The van der Waals surface area contributed by atoms with E-state index < -0.39 is 29.9 Å². The van der Waals surface area contributed by atoms with Crippen molar-refractivity contribution in [1.29, 1.82) is 0 Å². The molecule has 8 heteroatoms. The third-order valence-corrected chi connectivity index (χ3v) is 5.82. The second-order valence-electron chi connectivity index (χ2n) is 6.73. The van der Waals surface area contributed by atoms with E-state index in [1.54, 1.807) is 12.1 Å². The number of benzene rings is 2. The Bertz CT molecular complexity index is 890. The fourth-order valence-electron chi connectivity index (χ4n) is 3.24. The van der Waals surface area contributed by atoms with Gasteiger partial charge in [0.2, 0.25) is 5.91 Å². The summed E-state index contributed by atoms with van der Waals surface area (Å²) in [5.74, 6) is -2.43. The van der Waals surface area contributed by atoms with Gasteiger partial charge in [-0.3, -0.25) is 24.6 Å². The van der Waals surface area contributed by atoms with Crippen LogP contribution in [0.15, 0.2) is 59.5 Å². The lowest BCUT2D eigenvalue weighted by atomic mass is 10.1. The molecule has 0 radical (unpaired) electrons. The Morgan fingerprint density at radius 1 is 1.10 bits per heavy atom. The van der Waals surface area contributed by atoms with Crippen LogP contribution in [0.4, 0.5) is 5.69 Å². The number of para-hydroxylation sites is 1. The first-order valence-corrected chi connectivity index (χ1v) is 10.1. The van der Waals surface area contributed by atoms with Crippen molar-refractivity contribution >= 4 is 35.3 Å². The molecule has 1 aliphatic heterocycles. The molecule has 2 aromatic rings. The number of aliphatic carboxylic acids is 2. The molecular formula is C21H22N2O5S. The van der Waals surface area contributed by atoms with Crippen molar-refractivity contribution in [1.82, 2.24) is 5.32 Å². The first-order chi connectivity index (χ1) is 13.9. The second-order valence-corrected chi connectivity index (χ2v) is 7.98. The number of carboxylic acids is 2. The number of nitrogens with zero attached hydrogens (tertiary/aromatic N) is 1. The Morgan fingerprint density at radius 3 is 2.48 bits per heavy atom. The third kappa shape index (κ3) is 5.58. The number of carbonyl (C=O) groups excluding carboxylic acids is 1. The van der Waals surface area contributed by atoms with Crippen LogP contribution in [0, 0.1) is 0 Å². The largest absolute Gasteiger partial charge is 0.480 e. The van der Waals surface area contributed by atoms with Gasteiger partial charge in [0.15, 0.2) is 0 Å². The molecule has 0 spiro atoms. The van der Waals surface area contributed by atoms with Gasteiger partial charge in [-0.1, -0.05) is 42.5 Å². The first-order valence-electron chi connectivity index (χ1n) is 9.24. The lowest BCUT2D eigenvalue weighted by molar-refractivity contribution is -0.140. The van der Waals surface area contributed by atoms with Crippen LogP contribution in [-0.2, 0) is 20.8 Å². The summed E-state index contributed by atoms with van der Waals surface area (Å²) >= 11 is 1.35. The van der Waals surface area contributed by atoms with E-state index in [1.165, 1.54) is 16.7 Å². The summed E-state index contributed by atoms with van der Waals surface area (Å²) in [7, 11) is 0. The number of carboxylic acid groups (broad SMARTS) is 2. The molecule has 3 N–H and O–H groups in total. The first kappa shape index (κ1) is 20.9. The van der Waals surface area contributed by atoms with Gasteiger partial charge in [0.1, 0.15) is 12.6 Å². The van der Waals surface area contributed by atoms with Crippen molar-refractivity contribution in [2.75, 3.05) is 11.4 Å². The molecule has 1 aliphatic rings. The number of hydrogen-bond donors (Lipinski definition) is 3. The number of fused-ring (bicyclic) bond motifs is 1. The van der Waals surface area contributed by atoms with Gasteiger partial charge in [0, 0.05) is 4.90 Å². The molecule has 0 bridgehead atoms. The number of thioether (sulfide) groups is 1. The Morgan fingerprint density at radius 2 is 1.79 bits per heavy atom. The quantitative estimate of drug-likeness (QED) is 0.609. The van der Waals surface area contributed by atoms with E-state index in [1.807, 2.05) is 42.5 Å². The molecule has 7 nitrogen and oxygen atoms in total. The van der Waals surface area contributed by atoms with Crippen LogP contribution in [0.2, 0.25) is 0 Å². The molecule has 3 rings (SSSR count). The Hall–Kier alpha value is -2.84. The van der Waals surface area contributed by atoms with Crippen molar-refractivity contribution in [2.24, 2.45) is 0 Å². The molecule has 0 saturated carbocycles. The number of carbonyl (C=O) groups is 3. The van der Waals surface area contributed by atoms with E-state index in [2.05, 4.69) is 5.32 Å². The maximum absolute atomic E-state index is 12.7. The number of nitrogens with one attached hydrogen (secondary N) is 1. The minimum Gasteiger partial charge on any atom is -0.480 e. The van der Waals surface area contributed by atoms with E-state index in [-0.39, 0.29) is 12.3 Å². The number of hydrogen-bond acceptors (Lipinski definition) is 5. The van der Waals surface area contributed by atoms with Gasteiger partial charge in [0.25, 0.3) is 0 Å². The number of aryl methyl sites for hydroxylation is 1. The highest BCUT2D eigenvalue weighted by Crippen LogP contribution is 2.37. The van der Waals surface area contributed by atoms with Crippen LogP contribution in [0.1, 0.15) is 18.4 Å². The highest BCUT2D eigenvalue weighted by molar-refractivity contribution is 8.00. The van der Waals surface area contributed by atoms with Crippen LogP contribution in [0.25, 0.3) is 0 Å². The fraction of sp³-hybridized carbons (Fsp3) is 0.286. The zero-order valence-corrected chi connectivity index (χ0v) is 16.5. The highest BCUT2D eigenvalue weighted by atomic mass is 32.2. The summed E-state index contributed by atoms with van der Waals surface area (Å²) in [6.07, 6.45) is 0.977. The summed E-state index contributed by atoms with van der Waals surface area (Å²) in [5, 5.41) is 21.4. The SMILES string of the molecule is O=C(O)CN1C(=O)CC(NC(CCc2ccccc2)C(=O)O)Sc2ccccc21.